The van der Waals surface area contributed by atoms with Gasteiger partial charge in [0.25, 0.3) is 0 Å². The standard InChI is InChI=1S/C16H22ClN3S/c1-11-7-8-12(10-13(11)17)15-20-19-14(21-15)6-5-9-18-16(2,3)4/h7-8,10,18H,5-6,9H2,1-4H3. The summed E-state index contributed by atoms with van der Waals surface area (Å²) >= 11 is 7.81. The van der Waals surface area contributed by atoms with Crippen molar-refractivity contribution in [3.05, 3.63) is 33.8 Å². The molecule has 5 heteroatoms. The minimum Gasteiger partial charge on any atom is -0.312 e. The van der Waals surface area contributed by atoms with Crippen molar-refractivity contribution in [1.82, 2.24) is 15.5 Å². The van der Waals surface area contributed by atoms with Gasteiger partial charge in [-0.05, 0) is 52.3 Å². The van der Waals surface area contributed by atoms with E-state index < -0.39 is 0 Å². The van der Waals surface area contributed by atoms with Crippen molar-refractivity contribution < 1.29 is 0 Å². The van der Waals surface area contributed by atoms with Gasteiger partial charge in [0.2, 0.25) is 0 Å². The highest BCUT2D eigenvalue weighted by Crippen LogP contribution is 2.28. The van der Waals surface area contributed by atoms with Crippen LogP contribution in [0.2, 0.25) is 5.02 Å². The maximum atomic E-state index is 6.16. The molecule has 1 aromatic heterocycles. The molecule has 0 aliphatic rings. The fourth-order valence-corrected chi connectivity index (χ4v) is 2.96. The van der Waals surface area contributed by atoms with Crippen LogP contribution in [0.3, 0.4) is 0 Å². The number of aryl methyl sites for hydroxylation is 2. The second-order valence-corrected chi connectivity index (χ2v) is 7.71. The zero-order valence-electron chi connectivity index (χ0n) is 13.0. The monoisotopic (exact) mass is 323 g/mol. The summed E-state index contributed by atoms with van der Waals surface area (Å²) in [6.45, 7) is 9.53. The Labute approximate surface area is 135 Å². The maximum absolute atomic E-state index is 6.16. The van der Waals surface area contributed by atoms with E-state index in [-0.39, 0.29) is 5.54 Å². The van der Waals surface area contributed by atoms with E-state index in [1.165, 1.54) is 0 Å². The van der Waals surface area contributed by atoms with E-state index in [9.17, 15) is 0 Å². The van der Waals surface area contributed by atoms with Crippen LogP contribution < -0.4 is 5.32 Å². The van der Waals surface area contributed by atoms with Crippen LogP contribution in [-0.4, -0.2) is 22.3 Å². The van der Waals surface area contributed by atoms with E-state index in [0.29, 0.717) is 0 Å². The van der Waals surface area contributed by atoms with E-state index in [2.05, 4.69) is 36.3 Å². The van der Waals surface area contributed by atoms with Crippen LogP contribution in [0.25, 0.3) is 10.6 Å². The lowest BCUT2D eigenvalue weighted by Crippen LogP contribution is -2.36. The van der Waals surface area contributed by atoms with Crippen LogP contribution >= 0.6 is 22.9 Å². The third kappa shape index (κ3) is 5.06. The van der Waals surface area contributed by atoms with E-state index in [4.69, 9.17) is 11.6 Å². The third-order valence-corrected chi connectivity index (χ3v) is 4.55. The Bertz CT molecular complexity index is 602. The maximum Gasteiger partial charge on any atom is 0.147 e. The normalized spacial score (nSPS) is 11.9. The minimum atomic E-state index is 0.172. The summed E-state index contributed by atoms with van der Waals surface area (Å²) in [5, 5.41) is 14.8. The van der Waals surface area contributed by atoms with Crippen molar-refractivity contribution in [2.45, 2.75) is 46.1 Å². The van der Waals surface area contributed by atoms with Crippen molar-refractivity contribution in [1.29, 1.82) is 0 Å². The average Bonchev–Trinajstić information content (AvgIpc) is 2.86. The molecule has 1 N–H and O–H groups in total. The van der Waals surface area contributed by atoms with Gasteiger partial charge in [-0.2, -0.15) is 0 Å². The zero-order valence-corrected chi connectivity index (χ0v) is 14.6. The van der Waals surface area contributed by atoms with Gasteiger partial charge in [0.1, 0.15) is 10.0 Å². The molecule has 0 atom stereocenters. The lowest BCUT2D eigenvalue weighted by atomic mass is 10.1. The summed E-state index contributed by atoms with van der Waals surface area (Å²) < 4.78 is 0. The summed E-state index contributed by atoms with van der Waals surface area (Å²) in [6.07, 6.45) is 2.03. The first-order valence-corrected chi connectivity index (χ1v) is 8.38. The van der Waals surface area contributed by atoms with Crippen LogP contribution in [0.1, 0.15) is 37.8 Å². The second kappa shape index (κ2) is 6.86. The highest BCUT2D eigenvalue weighted by Gasteiger charge is 2.10. The lowest BCUT2D eigenvalue weighted by molar-refractivity contribution is 0.422. The molecule has 0 spiro atoms. The van der Waals surface area contributed by atoms with Gasteiger partial charge >= 0.3 is 0 Å². The zero-order chi connectivity index (χ0) is 15.5. The first-order chi connectivity index (χ1) is 9.85. The molecular formula is C16H22ClN3S. The van der Waals surface area contributed by atoms with E-state index in [1.54, 1.807) is 11.3 Å². The molecule has 1 heterocycles. The molecule has 0 unspecified atom stereocenters. The molecule has 0 saturated heterocycles. The number of halogens is 1. The number of aromatic nitrogens is 2. The molecule has 21 heavy (non-hydrogen) atoms. The van der Waals surface area contributed by atoms with Gasteiger partial charge in [0.15, 0.2) is 0 Å². The minimum absolute atomic E-state index is 0.172. The largest absolute Gasteiger partial charge is 0.312 e. The van der Waals surface area contributed by atoms with Crippen LogP contribution in [0.5, 0.6) is 0 Å². The molecule has 0 aliphatic carbocycles. The Hall–Kier alpha value is -0.970. The van der Waals surface area contributed by atoms with Gasteiger partial charge in [-0.15, -0.1) is 10.2 Å². The Morgan fingerprint density at radius 3 is 2.67 bits per heavy atom. The number of hydrogen-bond acceptors (Lipinski definition) is 4. The SMILES string of the molecule is Cc1ccc(-c2nnc(CCCNC(C)(C)C)s2)cc1Cl. The van der Waals surface area contributed by atoms with Crippen molar-refractivity contribution in [2.24, 2.45) is 0 Å². The molecule has 2 rings (SSSR count). The lowest BCUT2D eigenvalue weighted by Gasteiger charge is -2.20. The van der Waals surface area contributed by atoms with Crippen LogP contribution in [0.15, 0.2) is 18.2 Å². The van der Waals surface area contributed by atoms with E-state index in [1.807, 2.05) is 25.1 Å². The Morgan fingerprint density at radius 1 is 1.24 bits per heavy atom. The van der Waals surface area contributed by atoms with Crippen molar-refractivity contribution in [2.75, 3.05) is 6.54 Å². The van der Waals surface area contributed by atoms with Crippen molar-refractivity contribution >= 4 is 22.9 Å². The third-order valence-electron chi connectivity index (χ3n) is 3.11. The van der Waals surface area contributed by atoms with Gasteiger partial charge in [0.05, 0.1) is 0 Å². The second-order valence-electron chi connectivity index (χ2n) is 6.25. The molecule has 3 nitrogen and oxygen atoms in total. The van der Waals surface area contributed by atoms with Crippen molar-refractivity contribution in [3.8, 4) is 10.6 Å². The molecule has 0 radical (unpaired) electrons. The van der Waals surface area contributed by atoms with Gasteiger partial charge in [-0.3, -0.25) is 0 Å². The molecule has 0 bridgehead atoms. The van der Waals surface area contributed by atoms with Gasteiger partial charge < -0.3 is 5.32 Å². The molecule has 0 aliphatic heterocycles. The van der Waals surface area contributed by atoms with Gasteiger partial charge in [0, 0.05) is 22.5 Å². The van der Waals surface area contributed by atoms with Crippen molar-refractivity contribution in [3.63, 3.8) is 0 Å². The predicted molar refractivity (Wildman–Crippen MR) is 91.2 cm³/mol. The summed E-state index contributed by atoms with van der Waals surface area (Å²) in [7, 11) is 0. The van der Waals surface area contributed by atoms with E-state index >= 15 is 0 Å². The highest BCUT2D eigenvalue weighted by atomic mass is 35.5. The molecule has 1 aromatic carbocycles. The fraction of sp³-hybridized carbons (Fsp3) is 0.500. The first kappa shape index (κ1) is 16.4. The number of nitrogens with zero attached hydrogens (tertiary/aromatic N) is 2. The van der Waals surface area contributed by atoms with E-state index in [0.717, 1.165) is 45.6 Å². The number of hydrogen-bond donors (Lipinski definition) is 1. The highest BCUT2D eigenvalue weighted by molar-refractivity contribution is 7.14. The molecule has 114 valence electrons. The van der Waals surface area contributed by atoms with Crippen LogP contribution in [-0.2, 0) is 6.42 Å². The number of rotatable bonds is 5. The first-order valence-electron chi connectivity index (χ1n) is 7.19. The summed E-state index contributed by atoms with van der Waals surface area (Å²) in [5.74, 6) is 0. The molecular weight excluding hydrogens is 302 g/mol. The Balaban J connectivity index is 1.93. The number of nitrogens with one attached hydrogen (secondary N) is 1. The Morgan fingerprint density at radius 2 is 2.00 bits per heavy atom. The topological polar surface area (TPSA) is 37.8 Å². The molecule has 2 aromatic rings. The summed E-state index contributed by atoms with van der Waals surface area (Å²) in [6, 6.07) is 6.03. The summed E-state index contributed by atoms with van der Waals surface area (Å²) in [5.41, 5.74) is 2.30. The fourth-order valence-electron chi connectivity index (χ4n) is 1.90. The Kier molecular flexibility index (Phi) is 5.36. The summed E-state index contributed by atoms with van der Waals surface area (Å²) in [4.78, 5) is 0. The number of benzene rings is 1. The quantitative estimate of drug-likeness (QED) is 0.824. The predicted octanol–water partition coefficient (Wildman–Crippen LogP) is 4.49. The smallest absolute Gasteiger partial charge is 0.147 e. The van der Waals surface area contributed by atoms with Gasteiger partial charge in [-0.1, -0.05) is 35.1 Å². The van der Waals surface area contributed by atoms with Gasteiger partial charge in [-0.25, -0.2) is 0 Å². The average molecular weight is 324 g/mol. The van der Waals surface area contributed by atoms with Crippen LogP contribution in [0.4, 0.5) is 0 Å². The van der Waals surface area contributed by atoms with Crippen LogP contribution in [0, 0.1) is 6.92 Å². The molecule has 0 amide bonds. The molecule has 0 saturated carbocycles. The molecule has 0 fully saturated rings.